The normalized spacial score (nSPS) is 21.4. The number of hydrogen-bond donors (Lipinski definition) is 0. The Morgan fingerprint density at radius 2 is 2.05 bits per heavy atom. The molecule has 0 fully saturated rings. The van der Waals surface area contributed by atoms with Gasteiger partial charge in [-0.1, -0.05) is 6.92 Å². The van der Waals surface area contributed by atoms with Gasteiger partial charge >= 0.3 is 5.97 Å². The molecule has 2 atom stereocenters. The Balaban J connectivity index is 2.53. The van der Waals surface area contributed by atoms with Crippen molar-refractivity contribution in [2.24, 2.45) is 0 Å². The summed E-state index contributed by atoms with van der Waals surface area (Å²) in [5.74, 6) is 1.07. The number of esters is 1. The van der Waals surface area contributed by atoms with Gasteiger partial charge in [-0.25, -0.2) is 4.79 Å². The summed E-state index contributed by atoms with van der Waals surface area (Å²) in [6, 6.07) is 5.76. The highest BCUT2D eigenvalue weighted by atomic mass is 16.5. The second-order valence-corrected chi connectivity index (χ2v) is 6.41. The predicted octanol–water partition coefficient (Wildman–Crippen LogP) is 3.35. The topological polar surface area (TPSA) is 38.8 Å². The van der Waals surface area contributed by atoms with Crippen molar-refractivity contribution in [2.75, 3.05) is 19.1 Å². The van der Waals surface area contributed by atoms with Gasteiger partial charge in [0.05, 0.1) is 14.2 Å². The number of rotatable bonds is 3. The minimum absolute atomic E-state index is 0.103. The fraction of sp³-hybridized carbons (Fsp3) is 0.588. The van der Waals surface area contributed by atoms with Gasteiger partial charge in [-0.05, 0) is 56.9 Å². The lowest BCUT2D eigenvalue weighted by Crippen LogP contribution is -2.55. The SMILES string of the molecule is COC(=O)[C@@H](C)N1c2ccc(OC)cc2[C@@H](C)CC1(C)C. The zero-order valence-corrected chi connectivity index (χ0v) is 13.8. The van der Waals surface area contributed by atoms with Crippen LogP contribution in [0.3, 0.4) is 0 Å². The molecule has 0 saturated heterocycles. The van der Waals surface area contributed by atoms with Crippen LogP contribution in [0.2, 0.25) is 0 Å². The molecule has 0 spiro atoms. The summed E-state index contributed by atoms with van der Waals surface area (Å²) in [6.07, 6.45) is 0.981. The van der Waals surface area contributed by atoms with Crippen molar-refractivity contribution in [3.8, 4) is 5.75 Å². The highest BCUT2D eigenvalue weighted by Gasteiger charge is 2.41. The molecule has 0 aliphatic carbocycles. The first-order valence-electron chi connectivity index (χ1n) is 7.37. The second kappa shape index (κ2) is 5.58. The Bertz CT molecular complexity index is 539. The van der Waals surface area contributed by atoms with E-state index in [-0.39, 0.29) is 17.6 Å². The zero-order chi connectivity index (χ0) is 15.8. The number of anilines is 1. The Morgan fingerprint density at radius 3 is 2.62 bits per heavy atom. The molecule has 116 valence electrons. The van der Waals surface area contributed by atoms with Crippen molar-refractivity contribution in [1.29, 1.82) is 0 Å². The van der Waals surface area contributed by atoms with E-state index in [9.17, 15) is 4.79 Å². The molecule has 0 unspecified atom stereocenters. The van der Waals surface area contributed by atoms with E-state index in [2.05, 4.69) is 31.7 Å². The first kappa shape index (κ1) is 15.7. The lowest BCUT2D eigenvalue weighted by Gasteiger charge is -2.49. The number of fused-ring (bicyclic) bond motifs is 1. The number of methoxy groups -OCH3 is 2. The maximum Gasteiger partial charge on any atom is 0.328 e. The Morgan fingerprint density at radius 1 is 1.38 bits per heavy atom. The molecule has 21 heavy (non-hydrogen) atoms. The van der Waals surface area contributed by atoms with Gasteiger partial charge in [0.25, 0.3) is 0 Å². The van der Waals surface area contributed by atoms with Crippen LogP contribution < -0.4 is 9.64 Å². The molecule has 1 aliphatic rings. The maximum absolute atomic E-state index is 12.0. The van der Waals surface area contributed by atoms with Gasteiger partial charge in [-0.15, -0.1) is 0 Å². The molecule has 0 bridgehead atoms. The third kappa shape index (κ3) is 2.71. The number of benzene rings is 1. The van der Waals surface area contributed by atoms with Crippen molar-refractivity contribution in [1.82, 2.24) is 0 Å². The molecule has 4 nitrogen and oxygen atoms in total. The molecule has 1 aromatic rings. The number of ether oxygens (including phenoxy) is 2. The molecule has 0 N–H and O–H groups in total. The van der Waals surface area contributed by atoms with E-state index in [1.165, 1.54) is 12.7 Å². The summed E-state index contributed by atoms with van der Waals surface area (Å²) in [7, 11) is 3.11. The first-order valence-corrected chi connectivity index (χ1v) is 7.37. The molecule has 0 saturated carbocycles. The summed E-state index contributed by atoms with van der Waals surface area (Å²) < 4.78 is 10.3. The lowest BCUT2D eigenvalue weighted by molar-refractivity contribution is -0.142. The molecule has 2 rings (SSSR count). The van der Waals surface area contributed by atoms with Crippen LogP contribution in [0.4, 0.5) is 5.69 Å². The van der Waals surface area contributed by atoms with E-state index in [1.54, 1.807) is 7.11 Å². The summed E-state index contributed by atoms with van der Waals surface area (Å²) >= 11 is 0. The minimum atomic E-state index is -0.315. The van der Waals surface area contributed by atoms with E-state index in [0.717, 1.165) is 17.9 Å². The van der Waals surface area contributed by atoms with Crippen LogP contribution >= 0.6 is 0 Å². The van der Waals surface area contributed by atoms with E-state index < -0.39 is 0 Å². The van der Waals surface area contributed by atoms with E-state index in [4.69, 9.17) is 9.47 Å². The predicted molar refractivity (Wildman–Crippen MR) is 84.1 cm³/mol. The molecule has 0 radical (unpaired) electrons. The third-order valence-corrected chi connectivity index (χ3v) is 4.41. The highest BCUT2D eigenvalue weighted by molar-refractivity contribution is 5.81. The van der Waals surface area contributed by atoms with Crippen molar-refractivity contribution in [3.63, 3.8) is 0 Å². The molecule has 1 aromatic carbocycles. The summed E-state index contributed by atoms with van der Waals surface area (Å²) in [5, 5.41) is 0. The Labute approximate surface area is 127 Å². The number of carbonyl (C=O) groups is 1. The minimum Gasteiger partial charge on any atom is -0.497 e. The van der Waals surface area contributed by atoms with Crippen molar-refractivity contribution in [2.45, 2.75) is 51.6 Å². The lowest BCUT2D eigenvalue weighted by atomic mass is 9.79. The largest absolute Gasteiger partial charge is 0.497 e. The summed E-state index contributed by atoms with van der Waals surface area (Å²) in [5.41, 5.74) is 2.22. The summed E-state index contributed by atoms with van der Waals surface area (Å²) in [4.78, 5) is 14.2. The second-order valence-electron chi connectivity index (χ2n) is 6.41. The molecule has 1 heterocycles. The van der Waals surface area contributed by atoms with Crippen LogP contribution in [0.5, 0.6) is 5.75 Å². The number of carbonyl (C=O) groups excluding carboxylic acids is 1. The van der Waals surface area contributed by atoms with E-state index >= 15 is 0 Å². The van der Waals surface area contributed by atoms with Gasteiger partial charge in [0, 0.05) is 11.2 Å². The maximum atomic E-state index is 12.0. The van der Waals surface area contributed by atoms with Crippen LogP contribution in [0.25, 0.3) is 0 Å². The molecular weight excluding hydrogens is 266 g/mol. The Hall–Kier alpha value is -1.71. The van der Waals surface area contributed by atoms with Crippen LogP contribution in [0.1, 0.15) is 45.6 Å². The molecule has 4 heteroatoms. The average Bonchev–Trinajstić information content (AvgIpc) is 2.44. The van der Waals surface area contributed by atoms with Gasteiger partial charge < -0.3 is 14.4 Å². The fourth-order valence-corrected chi connectivity index (χ4v) is 3.57. The van der Waals surface area contributed by atoms with Crippen molar-refractivity contribution >= 4 is 11.7 Å². The fourth-order valence-electron chi connectivity index (χ4n) is 3.57. The van der Waals surface area contributed by atoms with Gasteiger partial charge in [0.15, 0.2) is 0 Å². The van der Waals surface area contributed by atoms with Crippen LogP contribution in [-0.4, -0.2) is 31.8 Å². The average molecular weight is 291 g/mol. The van der Waals surface area contributed by atoms with Crippen LogP contribution in [0, 0.1) is 0 Å². The first-order chi connectivity index (χ1) is 9.81. The molecular formula is C17H25NO3. The van der Waals surface area contributed by atoms with E-state index in [1.807, 2.05) is 19.1 Å². The highest BCUT2D eigenvalue weighted by Crippen LogP contribution is 2.45. The number of hydrogen-bond acceptors (Lipinski definition) is 4. The zero-order valence-electron chi connectivity index (χ0n) is 13.8. The smallest absolute Gasteiger partial charge is 0.328 e. The third-order valence-electron chi connectivity index (χ3n) is 4.41. The van der Waals surface area contributed by atoms with Crippen LogP contribution in [-0.2, 0) is 9.53 Å². The molecule has 0 aromatic heterocycles. The van der Waals surface area contributed by atoms with E-state index in [0.29, 0.717) is 5.92 Å². The van der Waals surface area contributed by atoms with Gasteiger partial charge in [0.2, 0.25) is 0 Å². The van der Waals surface area contributed by atoms with Gasteiger partial charge in [-0.3, -0.25) is 0 Å². The van der Waals surface area contributed by atoms with Crippen LogP contribution in [0.15, 0.2) is 18.2 Å². The van der Waals surface area contributed by atoms with Crippen molar-refractivity contribution < 1.29 is 14.3 Å². The number of nitrogens with zero attached hydrogens (tertiary/aromatic N) is 1. The Kier molecular flexibility index (Phi) is 4.17. The molecule has 1 aliphatic heterocycles. The standard InChI is InChI=1S/C17H25NO3/c1-11-10-17(3,4)18(12(2)16(19)21-6)15-8-7-13(20-5)9-14(11)15/h7-9,11-12H,10H2,1-6H3/t11-,12+/m0/s1. The van der Waals surface area contributed by atoms with Gasteiger partial charge in [0.1, 0.15) is 11.8 Å². The van der Waals surface area contributed by atoms with Gasteiger partial charge in [-0.2, -0.15) is 0 Å². The van der Waals surface area contributed by atoms with Crippen molar-refractivity contribution in [3.05, 3.63) is 23.8 Å². The monoisotopic (exact) mass is 291 g/mol. The quantitative estimate of drug-likeness (QED) is 0.801. The summed E-state index contributed by atoms with van der Waals surface area (Å²) in [6.45, 7) is 8.48. The molecule has 0 amide bonds.